The molecule has 120 valence electrons. The zero-order chi connectivity index (χ0) is 15.5. The molecule has 2 saturated heterocycles. The largest absolute Gasteiger partial charge is 0.383 e. The number of hydrogen-bond acceptors (Lipinski definition) is 5. The summed E-state index contributed by atoms with van der Waals surface area (Å²) in [4.78, 5) is 20.1. The highest BCUT2D eigenvalue weighted by Crippen LogP contribution is 2.24. The smallest absolute Gasteiger partial charge is 0.257 e. The van der Waals surface area contributed by atoms with Crippen molar-refractivity contribution in [2.75, 3.05) is 46.5 Å². The molecule has 7 heteroatoms. The second-order valence-electron chi connectivity index (χ2n) is 5.57. The number of carbonyl (C=O) groups is 1. The number of nitrogens with zero attached hydrogens (tertiary/aromatic N) is 3. The first-order chi connectivity index (χ1) is 10.7. The fraction of sp³-hybridized carbons (Fsp3) is 0.600. The number of hydrogen-bond donors (Lipinski definition) is 0. The number of pyridine rings is 1. The lowest BCUT2D eigenvalue weighted by Crippen LogP contribution is -2.51. The second kappa shape index (κ2) is 6.68. The van der Waals surface area contributed by atoms with Crippen molar-refractivity contribution in [1.29, 1.82) is 0 Å². The first-order valence-electron chi connectivity index (χ1n) is 7.44. The molecule has 3 heterocycles. The van der Waals surface area contributed by atoms with Gasteiger partial charge in [-0.15, -0.1) is 0 Å². The molecule has 2 atom stereocenters. The molecule has 22 heavy (non-hydrogen) atoms. The molecule has 1 aromatic heterocycles. The highest BCUT2D eigenvalue weighted by Gasteiger charge is 2.42. The summed E-state index contributed by atoms with van der Waals surface area (Å²) in [6.45, 7) is 3.99. The van der Waals surface area contributed by atoms with Crippen molar-refractivity contribution in [1.82, 2.24) is 14.8 Å². The Hall–Kier alpha value is -1.57. The summed E-state index contributed by atoms with van der Waals surface area (Å²) in [6, 6.07) is 1.57. The molecule has 0 aromatic carbocycles. The minimum absolute atomic E-state index is 0.0144. The van der Waals surface area contributed by atoms with Gasteiger partial charge in [0.15, 0.2) is 5.82 Å². The fourth-order valence-electron chi connectivity index (χ4n) is 3.13. The van der Waals surface area contributed by atoms with E-state index in [2.05, 4.69) is 9.88 Å². The van der Waals surface area contributed by atoms with Gasteiger partial charge in [-0.05, 0) is 6.07 Å². The second-order valence-corrected chi connectivity index (χ2v) is 5.57. The van der Waals surface area contributed by atoms with Gasteiger partial charge in [0.2, 0.25) is 0 Å². The Morgan fingerprint density at radius 3 is 3.18 bits per heavy atom. The Bertz CT molecular complexity index is 543. The average molecular weight is 309 g/mol. The lowest BCUT2D eigenvalue weighted by molar-refractivity contribution is -0.0526. The maximum atomic E-state index is 13.7. The van der Waals surface area contributed by atoms with Crippen LogP contribution in [0, 0.1) is 5.82 Å². The van der Waals surface area contributed by atoms with Crippen molar-refractivity contribution < 1.29 is 18.7 Å². The van der Waals surface area contributed by atoms with Crippen LogP contribution < -0.4 is 0 Å². The highest BCUT2D eigenvalue weighted by atomic mass is 19.1. The standard InChI is InChI=1S/C15H20FN3O3/c1-21-6-4-18-5-7-22-14-10-19(9-13(14)18)15(20)11-2-3-17-8-12(11)16/h2-3,8,13-14H,4-7,9-10H2,1H3/t13-,14+/m1/s1. The summed E-state index contributed by atoms with van der Waals surface area (Å²) < 4.78 is 24.6. The number of likely N-dealkylation sites (tertiary alicyclic amines) is 1. The number of halogens is 1. The summed E-state index contributed by atoms with van der Waals surface area (Å²) in [6.07, 6.45) is 2.48. The van der Waals surface area contributed by atoms with Crippen LogP contribution in [-0.4, -0.2) is 79.3 Å². The van der Waals surface area contributed by atoms with Crippen molar-refractivity contribution >= 4 is 5.91 Å². The minimum Gasteiger partial charge on any atom is -0.383 e. The van der Waals surface area contributed by atoms with Gasteiger partial charge in [0, 0.05) is 39.5 Å². The minimum atomic E-state index is -0.584. The van der Waals surface area contributed by atoms with E-state index >= 15 is 0 Å². The molecule has 1 aromatic rings. The van der Waals surface area contributed by atoms with E-state index in [1.54, 1.807) is 12.0 Å². The predicted molar refractivity (Wildman–Crippen MR) is 77.1 cm³/mol. The highest BCUT2D eigenvalue weighted by molar-refractivity contribution is 5.94. The van der Waals surface area contributed by atoms with Crippen molar-refractivity contribution in [3.05, 3.63) is 29.8 Å². The number of rotatable bonds is 4. The van der Waals surface area contributed by atoms with Crippen molar-refractivity contribution in [2.45, 2.75) is 12.1 Å². The molecule has 0 radical (unpaired) electrons. The van der Waals surface area contributed by atoms with Crippen molar-refractivity contribution in [2.24, 2.45) is 0 Å². The van der Waals surface area contributed by atoms with Crippen LogP contribution in [0.2, 0.25) is 0 Å². The molecule has 3 rings (SSSR count). The monoisotopic (exact) mass is 309 g/mol. The van der Waals surface area contributed by atoms with Gasteiger partial charge >= 0.3 is 0 Å². The first-order valence-corrected chi connectivity index (χ1v) is 7.44. The third-order valence-corrected chi connectivity index (χ3v) is 4.29. The van der Waals surface area contributed by atoms with Gasteiger partial charge in [0.25, 0.3) is 5.91 Å². The third-order valence-electron chi connectivity index (χ3n) is 4.29. The molecule has 0 N–H and O–H groups in total. The lowest BCUT2D eigenvalue weighted by atomic mass is 10.1. The summed E-state index contributed by atoms with van der Waals surface area (Å²) in [5.74, 6) is -0.885. The van der Waals surface area contributed by atoms with Crippen LogP contribution in [0.1, 0.15) is 10.4 Å². The number of carbonyl (C=O) groups excluding carboxylic acids is 1. The van der Waals surface area contributed by atoms with E-state index in [0.29, 0.717) is 26.3 Å². The Labute approximate surface area is 128 Å². The Balaban J connectivity index is 1.70. The SMILES string of the molecule is COCCN1CCO[C@H]2CN(C(=O)c3ccncc3F)C[C@H]21. The van der Waals surface area contributed by atoms with E-state index in [-0.39, 0.29) is 23.6 Å². The molecule has 2 aliphatic heterocycles. The lowest BCUT2D eigenvalue weighted by Gasteiger charge is -2.36. The maximum absolute atomic E-state index is 13.7. The normalized spacial score (nSPS) is 25.3. The number of amides is 1. The number of aromatic nitrogens is 1. The average Bonchev–Trinajstić information content (AvgIpc) is 2.97. The molecule has 1 amide bonds. The van der Waals surface area contributed by atoms with Gasteiger partial charge in [-0.3, -0.25) is 14.7 Å². The van der Waals surface area contributed by atoms with Crippen LogP contribution in [-0.2, 0) is 9.47 Å². The molecule has 0 unspecified atom stereocenters. The van der Waals surface area contributed by atoms with Gasteiger partial charge in [0.1, 0.15) is 0 Å². The molecule has 2 aliphatic rings. The number of ether oxygens (including phenoxy) is 2. The number of methoxy groups -OCH3 is 1. The van der Waals surface area contributed by atoms with Crippen LogP contribution in [0.25, 0.3) is 0 Å². The molecular weight excluding hydrogens is 289 g/mol. The van der Waals surface area contributed by atoms with Gasteiger partial charge in [-0.25, -0.2) is 4.39 Å². The van der Waals surface area contributed by atoms with Gasteiger partial charge in [-0.2, -0.15) is 0 Å². The molecular formula is C15H20FN3O3. The number of morpholine rings is 1. The van der Waals surface area contributed by atoms with E-state index in [9.17, 15) is 9.18 Å². The van der Waals surface area contributed by atoms with Crippen LogP contribution in [0.15, 0.2) is 18.5 Å². The van der Waals surface area contributed by atoms with Crippen LogP contribution in [0.5, 0.6) is 0 Å². The van der Waals surface area contributed by atoms with Gasteiger partial charge in [-0.1, -0.05) is 0 Å². The summed E-state index contributed by atoms with van der Waals surface area (Å²) >= 11 is 0. The molecule has 0 spiro atoms. The van der Waals surface area contributed by atoms with E-state index in [4.69, 9.17) is 9.47 Å². The van der Waals surface area contributed by atoms with Crippen LogP contribution in [0.3, 0.4) is 0 Å². The predicted octanol–water partition coefficient (Wildman–Crippen LogP) is 0.392. The van der Waals surface area contributed by atoms with E-state index < -0.39 is 5.82 Å². The fourth-order valence-corrected chi connectivity index (χ4v) is 3.13. The quantitative estimate of drug-likeness (QED) is 0.805. The van der Waals surface area contributed by atoms with Crippen LogP contribution in [0.4, 0.5) is 4.39 Å². The Kier molecular flexibility index (Phi) is 4.66. The number of fused-ring (bicyclic) bond motifs is 1. The molecule has 0 saturated carbocycles. The maximum Gasteiger partial charge on any atom is 0.257 e. The van der Waals surface area contributed by atoms with Crippen LogP contribution >= 0.6 is 0 Å². The van der Waals surface area contributed by atoms with E-state index in [1.807, 2.05) is 0 Å². The first kappa shape index (κ1) is 15.3. The summed E-state index contributed by atoms with van der Waals surface area (Å²) in [5.41, 5.74) is 0.0667. The summed E-state index contributed by atoms with van der Waals surface area (Å²) in [7, 11) is 1.68. The van der Waals surface area contributed by atoms with Crippen molar-refractivity contribution in [3.63, 3.8) is 0 Å². The molecule has 2 fully saturated rings. The van der Waals surface area contributed by atoms with Gasteiger partial charge in [0.05, 0.1) is 37.1 Å². The molecule has 0 bridgehead atoms. The third kappa shape index (κ3) is 2.97. The molecule has 0 aliphatic carbocycles. The van der Waals surface area contributed by atoms with E-state index in [0.717, 1.165) is 19.3 Å². The zero-order valence-corrected chi connectivity index (χ0v) is 12.6. The van der Waals surface area contributed by atoms with Gasteiger partial charge < -0.3 is 14.4 Å². The Morgan fingerprint density at radius 2 is 2.41 bits per heavy atom. The Morgan fingerprint density at radius 1 is 1.55 bits per heavy atom. The topological polar surface area (TPSA) is 54.9 Å². The zero-order valence-electron chi connectivity index (χ0n) is 12.6. The molecule has 6 nitrogen and oxygen atoms in total. The van der Waals surface area contributed by atoms with Crippen molar-refractivity contribution in [3.8, 4) is 0 Å². The van der Waals surface area contributed by atoms with E-state index in [1.165, 1.54) is 12.3 Å². The summed E-state index contributed by atoms with van der Waals surface area (Å²) in [5, 5.41) is 0.